The van der Waals surface area contributed by atoms with Crippen LogP contribution in [0.1, 0.15) is 18.5 Å². The van der Waals surface area contributed by atoms with Gasteiger partial charge in [0, 0.05) is 10.7 Å². The first-order valence-corrected chi connectivity index (χ1v) is 7.22. The van der Waals surface area contributed by atoms with Crippen LogP contribution in [0.3, 0.4) is 0 Å². The average Bonchev–Trinajstić information content (AvgIpc) is 2.51. The number of ether oxygens (including phenoxy) is 1. The number of hydrogen-bond donors (Lipinski definition) is 0. The minimum absolute atomic E-state index is 0.0320. The molecule has 0 aromatic heterocycles. The van der Waals surface area contributed by atoms with Crippen LogP contribution in [0.2, 0.25) is 5.02 Å². The number of rotatable bonds is 3. The normalized spacial score (nSPS) is 21.1. The number of methoxy groups -OCH3 is 1. The first-order valence-electron chi connectivity index (χ1n) is 6.84. The maximum atomic E-state index is 12.2. The van der Waals surface area contributed by atoms with Crippen LogP contribution in [0.5, 0.6) is 5.75 Å². The first kappa shape index (κ1) is 14.0. The third kappa shape index (κ3) is 2.38. The van der Waals surface area contributed by atoms with Crippen LogP contribution in [-0.2, 0) is 4.79 Å². The lowest BCUT2D eigenvalue weighted by Crippen LogP contribution is -2.54. The van der Waals surface area contributed by atoms with Crippen molar-refractivity contribution in [3.05, 3.63) is 59.1 Å². The Balaban J connectivity index is 1.94. The zero-order chi connectivity index (χ0) is 15.0. The standard InChI is InChI=1S/C17H16ClNO2/c1-11-16(12-4-3-5-13(18)10-12)19(17(11)20)14-6-8-15(21-2)9-7-14/h3-11,16H,1-2H3/t11-,16+/m1/s1. The molecule has 21 heavy (non-hydrogen) atoms. The highest BCUT2D eigenvalue weighted by molar-refractivity contribution is 6.30. The van der Waals surface area contributed by atoms with Crippen molar-refractivity contribution in [2.75, 3.05) is 12.0 Å². The number of carbonyl (C=O) groups excluding carboxylic acids is 1. The molecule has 1 saturated heterocycles. The summed E-state index contributed by atoms with van der Waals surface area (Å²) in [6.45, 7) is 1.95. The van der Waals surface area contributed by atoms with E-state index in [9.17, 15) is 4.79 Å². The predicted octanol–water partition coefficient (Wildman–Crippen LogP) is 4.07. The van der Waals surface area contributed by atoms with Gasteiger partial charge in [0.05, 0.1) is 19.1 Å². The molecule has 1 aliphatic rings. The van der Waals surface area contributed by atoms with Gasteiger partial charge in [0.2, 0.25) is 5.91 Å². The number of β-lactam (4-membered cyclic amide) rings is 1. The molecule has 3 nitrogen and oxygen atoms in total. The average molecular weight is 302 g/mol. The molecule has 0 N–H and O–H groups in total. The molecule has 0 radical (unpaired) electrons. The van der Waals surface area contributed by atoms with Crippen molar-refractivity contribution in [2.24, 2.45) is 5.92 Å². The minimum Gasteiger partial charge on any atom is -0.497 e. The van der Waals surface area contributed by atoms with Gasteiger partial charge in [-0.3, -0.25) is 4.79 Å². The molecule has 108 valence electrons. The van der Waals surface area contributed by atoms with Gasteiger partial charge in [0.1, 0.15) is 5.75 Å². The van der Waals surface area contributed by atoms with Gasteiger partial charge in [-0.25, -0.2) is 0 Å². The minimum atomic E-state index is -0.0365. The van der Waals surface area contributed by atoms with Crippen LogP contribution in [-0.4, -0.2) is 13.0 Å². The Bertz CT molecular complexity index is 669. The summed E-state index contributed by atoms with van der Waals surface area (Å²) in [7, 11) is 1.63. The Labute approximate surface area is 129 Å². The van der Waals surface area contributed by atoms with E-state index in [-0.39, 0.29) is 17.9 Å². The molecule has 3 rings (SSSR count). The molecule has 0 aliphatic carbocycles. The zero-order valence-corrected chi connectivity index (χ0v) is 12.7. The van der Waals surface area contributed by atoms with Gasteiger partial charge in [-0.1, -0.05) is 30.7 Å². The number of benzene rings is 2. The van der Waals surface area contributed by atoms with Crippen LogP contribution in [0.15, 0.2) is 48.5 Å². The van der Waals surface area contributed by atoms with Crippen LogP contribution in [0, 0.1) is 5.92 Å². The molecule has 2 atom stereocenters. The molecular weight excluding hydrogens is 286 g/mol. The Hall–Kier alpha value is -2.00. The van der Waals surface area contributed by atoms with Crippen molar-refractivity contribution in [1.29, 1.82) is 0 Å². The lowest BCUT2D eigenvalue weighted by Gasteiger charge is -2.46. The van der Waals surface area contributed by atoms with Gasteiger partial charge in [-0.15, -0.1) is 0 Å². The van der Waals surface area contributed by atoms with E-state index in [2.05, 4.69) is 0 Å². The van der Waals surface area contributed by atoms with Gasteiger partial charge < -0.3 is 9.64 Å². The van der Waals surface area contributed by atoms with Crippen LogP contribution < -0.4 is 9.64 Å². The van der Waals surface area contributed by atoms with Gasteiger partial charge in [0.25, 0.3) is 0 Å². The lowest BCUT2D eigenvalue weighted by molar-refractivity contribution is -0.129. The highest BCUT2D eigenvalue weighted by Crippen LogP contribution is 2.43. The number of carbonyl (C=O) groups is 1. The highest BCUT2D eigenvalue weighted by Gasteiger charge is 2.45. The maximum Gasteiger partial charge on any atom is 0.232 e. The molecule has 0 bridgehead atoms. The van der Waals surface area contributed by atoms with Crippen molar-refractivity contribution in [2.45, 2.75) is 13.0 Å². The van der Waals surface area contributed by atoms with E-state index in [1.807, 2.05) is 60.4 Å². The third-order valence-corrected chi connectivity index (χ3v) is 4.15. The molecule has 0 unspecified atom stereocenters. The summed E-state index contributed by atoms with van der Waals surface area (Å²) in [5.74, 6) is 0.870. The Morgan fingerprint density at radius 3 is 2.48 bits per heavy atom. The van der Waals surface area contributed by atoms with Gasteiger partial charge in [-0.2, -0.15) is 0 Å². The Morgan fingerprint density at radius 1 is 1.14 bits per heavy atom. The van der Waals surface area contributed by atoms with Gasteiger partial charge >= 0.3 is 0 Å². The van der Waals surface area contributed by atoms with Crippen molar-refractivity contribution in [3.8, 4) is 5.75 Å². The van der Waals surface area contributed by atoms with E-state index in [0.29, 0.717) is 5.02 Å². The second-order valence-corrected chi connectivity index (χ2v) is 5.63. The molecule has 2 aromatic carbocycles. The summed E-state index contributed by atoms with van der Waals surface area (Å²) in [5, 5.41) is 0.689. The summed E-state index contributed by atoms with van der Waals surface area (Å²) in [6.07, 6.45) is 0. The number of nitrogens with zero attached hydrogens (tertiary/aromatic N) is 1. The fourth-order valence-electron chi connectivity index (χ4n) is 2.79. The molecule has 1 heterocycles. The van der Waals surface area contributed by atoms with Crippen molar-refractivity contribution >= 4 is 23.2 Å². The fourth-order valence-corrected chi connectivity index (χ4v) is 2.99. The Morgan fingerprint density at radius 2 is 1.86 bits per heavy atom. The maximum absolute atomic E-state index is 12.2. The van der Waals surface area contributed by atoms with E-state index >= 15 is 0 Å². The predicted molar refractivity (Wildman–Crippen MR) is 83.8 cm³/mol. The number of amides is 1. The summed E-state index contributed by atoms with van der Waals surface area (Å²) in [6, 6.07) is 15.3. The summed E-state index contributed by atoms with van der Waals surface area (Å²) in [4.78, 5) is 14.1. The van der Waals surface area contributed by atoms with Crippen LogP contribution in [0.25, 0.3) is 0 Å². The molecule has 2 aromatic rings. The van der Waals surface area contributed by atoms with Crippen molar-refractivity contribution in [1.82, 2.24) is 0 Å². The zero-order valence-electron chi connectivity index (χ0n) is 11.9. The topological polar surface area (TPSA) is 29.5 Å². The number of halogens is 1. The molecule has 1 fully saturated rings. The molecular formula is C17H16ClNO2. The smallest absolute Gasteiger partial charge is 0.232 e. The van der Waals surface area contributed by atoms with E-state index in [0.717, 1.165) is 17.0 Å². The quantitative estimate of drug-likeness (QED) is 0.800. The second-order valence-electron chi connectivity index (χ2n) is 5.19. The van der Waals surface area contributed by atoms with Gasteiger partial charge in [-0.05, 0) is 42.0 Å². The molecule has 1 amide bonds. The molecule has 4 heteroatoms. The monoisotopic (exact) mass is 301 g/mol. The van der Waals surface area contributed by atoms with Crippen molar-refractivity contribution < 1.29 is 9.53 Å². The largest absolute Gasteiger partial charge is 0.497 e. The summed E-state index contributed by atoms with van der Waals surface area (Å²) < 4.78 is 5.15. The van der Waals surface area contributed by atoms with Crippen LogP contribution >= 0.6 is 11.6 Å². The number of hydrogen-bond acceptors (Lipinski definition) is 2. The molecule has 1 aliphatic heterocycles. The SMILES string of the molecule is COc1ccc(N2C(=O)[C@H](C)[C@H]2c2cccc(Cl)c2)cc1. The first-order chi connectivity index (χ1) is 10.1. The third-order valence-electron chi connectivity index (χ3n) is 3.92. The van der Waals surface area contributed by atoms with Gasteiger partial charge in [0.15, 0.2) is 0 Å². The van der Waals surface area contributed by atoms with E-state index in [1.165, 1.54) is 0 Å². The summed E-state index contributed by atoms with van der Waals surface area (Å²) >= 11 is 6.07. The molecule has 0 saturated carbocycles. The van der Waals surface area contributed by atoms with Crippen LogP contribution in [0.4, 0.5) is 5.69 Å². The van der Waals surface area contributed by atoms with E-state index in [1.54, 1.807) is 7.11 Å². The second kappa shape index (κ2) is 5.41. The Kier molecular flexibility index (Phi) is 3.60. The number of anilines is 1. The lowest BCUT2D eigenvalue weighted by atomic mass is 9.83. The fraction of sp³-hybridized carbons (Fsp3) is 0.235. The van der Waals surface area contributed by atoms with E-state index < -0.39 is 0 Å². The summed E-state index contributed by atoms with van der Waals surface area (Å²) in [5.41, 5.74) is 1.94. The van der Waals surface area contributed by atoms with Crippen molar-refractivity contribution in [3.63, 3.8) is 0 Å². The molecule has 0 spiro atoms. The van der Waals surface area contributed by atoms with E-state index in [4.69, 9.17) is 16.3 Å². The highest BCUT2D eigenvalue weighted by atomic mass is 35.5.